The molecule has 3 heterocycles. The highest BCUT2D eigenvalue weighted by molar-refractivity contribution is 5.96. The Kier molecular flexibility index (Phi) is 7.59. The number of nitrogens with zero attached hydrogens (tertiary/aromatic N) is 3. The molecule has 0 bridgehead atoms. The lowest BCUT2D eigenvalue weighted by Gasteiger charge is -2.15. The number of hydrogen-bond acceptors (Lipinski definition) is 4. The fourth-order valence-corrected chi connectivity index (χ4v) is 3.24. The number of pyridine rings is 1. The average molecular weight is 408 g/mol. The maximum Gasteiger partial charge on any atom is 0.253 e. The number of rotatable bonds is 3. The summed E-state index contributed by atoms with van der Waals surface area (Å²) in [5, 5.41) is 6.48. The van der Waals surface area contributed by atoms with Crippen molar-refractivity contribution >= 4 is 41.9 Å². The molecule has 0 radical (unpaired) electrons. The molecule has 3 aromatic rings. The molecule has 1 aliphatic heterocycles. The lowest BCUT2D eigenvalue weighted by molar-refractivity contribution is 0.0934. The van der Waals surface area contributed by atoms with E-state index in [1.54, 1.807) is 12.5 Å². The number of nitrogens with one attached hydrogen (secondary N) is 2. The molecule has 1 unspecified atom stereocenters. The number of halogens is 2. The van der Waals surface area contributed by atoms with E-state index in [0.717, 1.165) is 49.2 Å². The van der Waals surface area contributed by atoms with Gasteiger partial charge in [-0.2, -0.15) is 0 Å². The molecule has 1 amide bonds. The minimum Gasteiger partial charge on any atom is -0.349 e. The first-order valence-corrected chi connectivity index (χ1v) is 8.71. The quantitative estimate of drug-likeness (QED) is 0.699. The summed E-state index contributed by atoms with van der Waals surface area (Å²) < 4.78 is 1.92. The van der Waals surface area contributed by atoms with Gasteiger partial charge in [-0.25, -0.2) is 9.97 Å². The maximum atomic E-state index is 12.5. The highest BCUT2D eigenvalue weighted by Gasteiger charge is 2.17. The largest absolute Gasteiger partial charge is 0.349 e. The Morgan fingerprint density at radius 1 is 1.11 bits per heavy atom. The first-order chi connectivity index (χ1) is 12.3. The van der Waals surface area contributed by atoms with Gasteiger partial charge in [0.05, 0.1) is 5.56 Å². The van der Waals surface area contributed by atoms with Gasteiger partial charge in [0.1, 0.15) is 11.8 Å². The van der Waals surface area contributed by atoms with Crippen LogP contribution < -0.4 is 10.6 Å². The molecule has 27 heavy (non-hydrogen) atoms. The summed E-state index contributed by atoms with van der Waals surface area (Å²) in [6.07, 6.45) is 6.43. The molecular weight excluding hydrogens is 385 g/mol. The standard InChI is InChI=1S/C19H21N5O.2ClH/c25-19(23-15-5-4-9-20-10-8-15)14-11-17-18(21-12-14)24(13-22-17)16-6-2-1-3-7-16;;/h1-3,6-7,11-13,15,20H,4-5,8-10H2,(H,23,25);2*1H. The first kappa shape index (κ1) is 21.2. The van der Waals surface area contributed by atoms with Gasteiger partial charge in [0.2, 0.25) is 0 Å². The molecule has 144 valence electrons. The van der Waals surface area contributed by atoms with E-state index in [4.69, 9.17) is 0 Å². The molecule has 1 atom stereocenters. The van der Waals surface area contributed by atoms with Gasteiger partial charge < -0.3 is 10.6 Å². The van der Waals surface area contributed by atoms with E-state index in [0.29, 0.717) is 5.56 Å². The van der Waals surface area contributed by atoms with Crippen LogP contribution in [0.2, 0.25) is 0 Å². The van der Waals surface area contributed by atoms with Crippen molar-refractivity contribution in [2.75, 3.05) is 13.1 Å². The highest BCUT2D eigenvalue weighted by atomic mass is 35.5. The lowest BCUT2D eigenvalue weighted by Crippen LogP contribution is -2.35. The van der Waals surface area contributed by atoms with E-state index in [-0.39, 0.29) is 36.8 Å². The van der Waals surface area contributed by atoms with E-state index >= 15 is 0 Å². The zero-order valence-corrected chi connectivity index (χ0v) is 16.4. The van der Waals surface area contributed by atoms with Gasteiger partial charge in [-0.15, -0.1) is 24.8 Å². The third kappa shape index (κ3) is 4.77. The minimum absolute atomic E-state index is 0. The summed E-state index contributed by atoms with van der Waals surface area (Å²) in [6.45, 7) is 1.97. The van der Waals surface area contributed by atoms with Crippen LogP contribution in [0.4, 0.5) is 0 Å². The molecule has 0 spiro atoms. The zero-order valence-electron chi connectivity index (χ0n) is 14.8. The number of aromatic nitrogens is 3. The molecule has 8 heteroatoms. The highest BCUT2D eigenvalue weighted by Crippen LogP contribution is 2.17. The molecule has 2 N–H and O–H groups in total. The second-order valence-electron chi connectivity index (χ2n) is 6.37. The van der Waals surface area contributed by atoms with Gasteiger partial charge in [0, 0.05) is 17.9 Å². The monoisotopic (exact) mass is 407 g/mol. The van der Waals surface area contributed by atoms with Crippen LogP contribution in [0.1, 0.15) is 29.6 Å². The van der Waals surface area contributed by atoms with E-state index in [2.05, 4.69) is 20.6 Å². The van der Waals surface area contributed by atoms with Crippen LogP contribution >= 0.6 is 24.8 Å². The molecule has 0 saturated carbocycles. The Balaban J connectivity index is 0.00000131. The van der Waals surface area contributed by atoms with E-state index in [1.807, 2.05) is 41.0 Å². The van der Waals surface area contributed by atoms with Crippen molar-refractivity contribution in [3.63, 3.8) is 0 Å². The second kappa shape index (κ2) is 9.69. The van der Waals surface area contributed by atoms with Gasteiger partial charge >= 0.3 is 0 Å². The van der Waals surface area contributed by atoms with Crippen molar-refractivity contribution in [2.24, 2.45) is 0 Å². The van der Waals surface area contributed by atoms with Gasteiger partial charge in [-0.3, -0.25) is 9.36 Å². The fourth-order valence-electron chi connectivity index (χ4n) is 3.24. The third-order valence-electron chi connectivity index (χ3n) is 4.60. The SMILES string of the molecule is Cl.Cl.O=C(NC1CCCNCC1)c1cnc2c(c1)ncn2-c1ccccc1. The van der Waals surface area contributed by atoms with Crippen LogP contribution in [0.3, 0.4) is 0 Å². The average Bonchev–Trinajstić information content (AvgIpc) is 2.91. The Labute approximate surface area is 170 Å². The van der Waals surface area contributed by atoms with Crippen molar-refractivity contribution in [3.05, 3.63) is 54.5 Å². The topological polar surface area (TPSA) is 71.8 Å². The smallest absolute Gasteiger partial charge is 0.253 e. The van der Waals surface area contributed by atoms with Crippen LogP contribution in [0.25, 0.3) is 16.9 Å². The van der Waals surface area contributed by atoms with Crippen molar-refractivity contribution in [3.8, 4) is 5.69 Å². The number of carbonyl (C=O) groups is 1. The van der Waals surface area contributed by atoms with Crippen molar-refractivity contribution in [1.29, 1.82) is 0 Å². The molecule has 2 aromatic heterocycles. The number of carbonyl (C=O) groups excluding carboxylic acids is 1. The molecule has 4 rings (SSSR count). The predicted octanol–water partition coefficient (Wildman–Crippen LogP) is 3.14. The lowest BCUT2D eigenvalue weighted by atomic mass is 10.1. The molecule has 1 aromatic carbocycles. The van der Waals surface area contributed by atoms with Crippen LogP contribution in [0, 0.1) is 0 Å². The van der Waals surface area contributed by atoms with Gasteiger partial charge in [-0.05, 0) is 50.6 Å². The predicted molar refractivity (Wildman–Crippen MR) is 111 cm³/mol. The zero-order chi connectivity index (χ0) is 17.1. The van der Waals surface area contributed by atoms with Crippen LogP contribution in [0.15, 0.2) is 48.9 Å². The molecule has 1 aliphatic rings. The third-order valence-corrected chi connectivity index (χ3v) is 4.60. The van der Waals surface area contributed by atoms with Crippen LogP contribution in [-0.4, -0.2) is 39.6 Å². The fraction of sp³-hybridized carbons (Fsp3) is 0.316. The van der Waals surface area contributed by atoms with Crippen LogP contribution in [-0.2, 0) is 0 Å². The second-order valence-corrected chi connectivity index (χ2v) is 6.37. The summed E-state index contributed by atoms with van der Waals surface area (Å²) >= 11 is 0. The molecule has 6 nitrogen and oxygen atoms in total. The Morgan fingerprint density at radius 2 is 1.93 bits per heavy atom. The van der Waals surface area contributed by atoms with Crippen molar-refractivity contribution in [2.45, 2.75) is 25.3 Å². The molecule has 1 saturated heterocycles. The number of para-hydroxylation sites is 1. The van der Waals surface area contributed by atoms with Crippen molar-refractivity contribution in [1.82, 2.24) is 25.2 Å². The molecule has 1 fully saturated rings. The van der Waals surface area contributed by atoms with Gasteiger partial charge in [0.15, 0.2) is 5.65 Å². The van der Waals surface area contributed by atoms with E-state index in [1.165, 1.54) is 0 Å². The first-order valence-electron chi connectivity index (χ1n) is 8.71. The molecular formula is C19H23Cl2N5O. The number of imidazole rings is 1. The normalized spacial score (nSPS) is 16.7. The Bertz CT molecular complexity index is 876. The summed E-state index contributed by atoms with van der Waals surface area (Å²) in [7, 11) is 0. The number of amides is 1. The van der Waals surface area contributed by atoms with E-state index < -0.39 is 0 Å². The maximum absolute atomic E-state index is 12.5. The Hall–Kier alpha value is -2.15. The van der Waals surface area contributed by atoms with Gasteiger partial charge in [0.25, 0.3) is 5.91 Å². The van der Waals surface area contributed by atoms with Crippen molar-refractivity contribution < 1.29 is 4.79 Å². The summed E-state index contributed by atoms with van der Waals surface area (Å²) in [5.41, 5.74) is 3.03. The molecule has 0 aliphatic carbocycles. The summed E-state index contributed by atoms with van der Waals surface area (Å²) in [5.74, 6) is -0.0736. The number of fused-ring (bicyclic) bond motifs is 1. The number of hydrogen-bond donors (Lipinski definition) is 2. The van der Waals surface area contributed by atoms with Gasteiger partial charge in [-0.1, -0.05) is 18.2 Å². The Morgan fingerprint density at radius 3 is 2.74 bits per heavy atom. The van der Waals surface area contributed by atoms with E-state index in [9.17, 15) is 4.79 Å². The summed E-state index contributed by atoms with van der Waals surface area (Å²) in [4.78, 5) is 21.4. The summed E-state index contributed by atoms with van der Waals surface area (Å²) in [6, 6.07) is 12.0. The number of benzene rings is 1. The minimum atomic E-state index is -0.0736. The van der Waals surface area contributed by atoms with Crippen LogP contribution in [0.5, 0.6) is 0 Å².